The van der Waals surface area contributed by atoms with Crippen LogP contribution in [0.1, 0.15) is 124 Å². The van der Waals surface area contributed by atoms with Crippen molar-refractivity contribution in [2.45, 2.75) is 203 Å². The van der Waals surface area contributed by atoms with Gasteiger partial charge in [0.1, 0.15) is 54.7 Å². The Morgan fingerprint density at radius 2 is 0.768 bits per heavy atom. The van der Waals surface area contributed by atoms with Crippen LogP contribution in [0.3, 0.4) is 0 Å². The van der Waals surface area contributed by atoms with Crippen molar-refractivity contribution in [3.63, 3.8) is 0 Å². The van der Waals surface area contributed by atoms with E-state index >= 15 is 17.6 Å². The van der Waals surface area contributed by atoms with Gasteiger partial charge in [-0.3, -0.25) is 9.59 Å². The molecule has 56 heavy (non-hydrogen) atoms. The highest BCUT2D eigenvalue weighted by Gasteiger charge is 2.58. The Balaban J connectivity index is 0.930. The molecule has 13 heteroatoms. The molecule has 0 aromatic carbocycles. The number of rotatable bonds is 11. The van der Waals surface area contributed by atoms with E-state index in [2.05, 4.69) is 13.8 Å². The largest absolute Gasteiger partial charge is 0.381 e. The molecule has 6 aliphatic rings. The lowest BCUT2D eigenvalue weighted by Gasteiger charge is -2.47. The Morgan fingerprint density at radius 1 is 0.446 bits per heavy atom. The molecule has 6 fully saturated rings. The Labute approximate surface area is 327 Å². The number of ketones is 2. The van der Waals surface area contributed by atoms with Crippen LogP contribution in [-0.4, -0.2) is 98.6 Å². The average molecular weight is 813 g/mol. The molecule has 0 amide bonds. The molecule has 6 rings (SSSR count). The fraction of sp³-hybridized carbons (Fsp3) is 0.953. The molecule has 5 nitrogen and oxygen atoms in total. The molecule has 0 aromatic rings. The maximum Gasteiger partial charge on any atom is 0.161 e. The van der Waals surface area contributed by atoms with Gasteiger partial charge in [-0.15, -0.1) is 0 Å². The first-order valence-electron chi connectivity index (χ1n) is 21.6. The molecule has 8 atom stereocenters. The first-order chi connectivity index (χ1) is 26.5. The summed E-state index contributed by atoms with van der Waals surface area (Å²) in [5.41, 5.74) is 0.0820. The van der Waals surface area contributed by atoms with E-state index < -0.39 is 103 Å². The molecule has 8 unspecified atom stereocenters. The van der Waals surface area contributed by atoms with Crippen LogP contribution in [0.4, 0.5) is 35.1 Å². The highest BCUT2D eigenvalue weighted by Crippen LogP contribution is 2.50. The summed E-state index contributed by atoms with van der Waals surface area (Å²) in [7, 11) is 1.75. The van der Waals surface area contributed by atoms with E-state index in [9.17, 15) is 27.2 Å². The van der Waals surface area contributed by atoms with Crippen LogP contribution < -0.4 is 0 Å². The van der Waals surface area contributed by atoms with Gasteiger partial charge in [-0.1, -0.05) is 20.8 Å². The van der Waals surface area contributed by atoms with Crippen molar-refractivity contribution in [2.24, 2.45) is 46.8 Å². The lowest BCUT2D eigenvalue weighted by molar-refractivity contribution is -0.178. The summed E-state index contributed by atoms with van der Waals surface area (Å²) in [4.78, 5) is 26.5. The van der Waals surface area contributed by atoms with Crippen LogP contribution in [0.2, 0.25) is 0 Å². The number of hydrogen-bond donors (Lipinski definition) is 0. The molecule has 0 aliphatic heterocycles. The van der Waals surface area contributed by atoms with E-state index in [1.54, 1.807) is 7.11 Å². The Kier molecular flexibility index (Phi) is 14.6. The summed E-state index contributed by atoms with van der Waals surface area (Å²) in [6, 6.07) is 0. The summed E-state index contributed by atoms with van der Waals surface area (Å²) in [6.07, 6.45) is -12.5. The van der Waals surface area contributed by atoms with Gasteiger partial charge >= 0.3 is 0 Å². The molecule has 0 aromatic heterocycles. The maximum absolute atomic E-state index is 15.6. The minimum atomic E-state index is -2.53. The van der Waals surface area contributed by atoms with Crippen LogP contribution in [0.15, 0.2) is 0 Å². The molecule has 6 aliphatic carbocycles. The van der Waals surface area contributed by atoms with E-state index in [4.69, 9.17) is 14.2 Å². The zero-order chi connectivity index (χ0) is 40.6. The lowest BCUT2D eigenvalue weighted by Crippen LogP contribution is -2.59. The minimum absolute atomic E-state index is 0.0820. The van der Waals surface area contributed by atoms with Gasteiger partial charge in [-0.05, 0) is 120 Å². The second-order valence-electron chi connectivity index (χ2n) is 19.0. The topological polar surface area (TPSA) is 61.8 Å². The number of halogens is 8. The number of carbonyl (C=O) groups excluding carboxylic acids is 2. The number of carbonyl (C=O) groups is 2. The Bertz CT molecular complexity index is 1260. The van der Waals surface area contributed by atoms with Crippen molar-refractivity contribution in [1.82, 2.24) is 0 Å². The highest BCUT2D eigenvalue weighted by molar-refractivity contribution is 5.85. The zero-order valence-electron chi connectivity index (χ0n) is 33.4. The van der Waals surface area contributed by atoms with Crippen molar-refractivity contribution in [1.29, 1.82) is 0 Å². The normalized spacial score (nSPS) is 48.3. The predicted molar refractivity (Wildman–Crippen MR) is 195 cm³/mol. The second kappa shape index (κ2) is 18.5. The number of alkyl halides is 8. The summed E-state index contributed by atoms with van der Waals surface area (Å²) in [6.45, 7) is 5.69. The van der Waals surface area contributed by atoms with E-state index in [1.807, 2.05) is 0 Å². The number of ether oxygens (including phenoxy) is 3. The van der Waals surface area contributed by atoms with Gasteiger partial charge in [0.15, 0.2) is 12.3 Å². The molecule has 0 saturated heterocycles. The van der Waals surface area contributed by atoms with Crippen molar-refractivity contribution in [3.8, 4) is 0 Å². The predicted octanol–water partition coefficient (Wildman–Crippen LogP) is 10.0. The van der Waals surface area contributed by atoms with E-state index in [1.165, 1.54) is 0 Å². The number of Topliss-reactive ketones (excluding diaryl/α,β-unsaturated/α-hetero) is 2. The molecule has 0 radical (unpaired) electrons. The van der Waals surface area contributed by atoms with E-state index in [0.29, 0.717) is 56.5 Å². The molecular weight excluding hydrogens is 748 g/mol. The second-order valence-corrected chi connectivity index (χ2v) is 19.0. The summed E-state index contributed by atoms with van der Waals surface area (Å²) >= 11 is 0. The van der Waals surface area contributed by atoms with Crippen molar-refractivity contribution >= 4 is 11.6 Å². The fourth-order valence-electron chi connectivity index (χ4n) is 11.5. The Morgan fingerprint density at radius 3 is 1.14 bits per heavy atom. The molecule has 0 N–H and O–H groups in total. The molecular formula is C43H64F8O5. The zero-order valence-corrected chi connectivity index (χ0v) is 33.4. The summed E-state index contributed by atoms with van der Waals surface area (Å²) in [5, 5.41) is 0. The van der Waals surface area contributed by atoms with Crippen LogP contribution >= 0.6 is 0 Å². The van der Waals surface area contributed by atoms with Crippen LogP contribution in [0.25, 0.3) is 0 Å². The number of hydrogen-bond acceptors (Lipinski definition) is 5. The quantitative estimate of drug-likeness (QED) is 0.195. The van der Waals surface area contributed by atoms with Crippen molar-refractivity contribution in [3.05, 3.63) is 0 Å². The lowest BCUT2D eigenvalue weighted by atomic mass is 9.60. The molecule has 0 spiro atoms. The van der Waals surface area contributed by atoms with E-state index in [0.717, 1.165) is 45.4 Å². The SMILES string of the molecule is COC1CCC(C(C)(C)C2CCC(OC3C(F)C(F)C(C(=O)C4CCC(OC5CCC(C(=O)C6C(F)C(F)C(C)C(F)C6F)CC5)CC4)C(F)C3F)CC2)CC1. The van der Waals surface area contributed by atoms with E-state index in [-0.39, 0.29) is 43.3 Å². The van der Waals surface area contributed by atoms with Crippen LogP contribution in [0, 0.1) is 46.8 Å². The van der Waals surface area contributed by atoms with Gasteiger partial charge in [-0.25, -0.2) is 35.1 Å². The average Bonchev–Trinajstić information content (AvgIpc) is 3.21. The smallest absolute Gasteiger partial charge is 0.161 e. The molecule has 6 saturated carbocycles. The highest BCUT2D eigenvalue weighted by atomic mass is 19.2. The monoisotopic (exact) mass is 812 g/mol. The van der Waals surface area contributed by atoms with Crippen molar-refractivity contribution < 1.29 is 58.9 Å². The van der Waals surface area contributed by atoms with Gasteiger partial charge in [0.2, 0.25) is 0 Å². The Hall–Kier alpha value is -1.34. The van der Waals surface area contributed by atoms with Gasteiger partial charge in [0, 0.05) is 24.9 Å². The van der Waals surface area contributed by atoms with Gasteiger partial charge in [-0.2, -0.15) is 0 Å². The minimum Gasteiger partial charge on any atom is -0.381 e. The fourth-order valence-corrected chi connectivity index (χ4v) is 11.5. The molecule has 0 bridgehead atoms. The third kappa shape index (κ3) is 9.04. The third-order valence-electron chi connectivity index (χ3n) is 15.6. The van der Waals surface area contributed by atoms with Crippen LogP contribution in [0.5, 0.6) is 0 Å². The summed E-state index contributed by atoms with van der Waals surface area (Å²) < 4.78 is 138. The third-order valence-corrected chi connectivity index (χ3v) is 15.6. The number of methoxy groups -OCH3 is 1. The van der Waals surface area contributed by atoms with Gasteiger partial charge in [0.05, 0.1) is 36.3 Å². The summed E-state index contributed by atoms with van der Waals surface area (Å²) in [5.74, 6) is -7.64. The van der Waals surface area contributed by atoms with Gasteiger partial charge < -0.3 is 14.2 Å². The maximum atomic E-state index is 15.6. The molecule has 322 valence electrons. The first kappa shape index (κ1) is 44.2. The molecule has 0 heterocycles. The van der Waals surface area contributed by atoms with Crippen molar-refractivity contribution in [2.75, 3.05) is 7.11 Å². The first-order valence-corrected chi connectivity index (χ1v) is 21.6. The standard InChI is InChI=1S/C43H64F8O5/c1-21-32(44)34(46)30(35(47)33(21)45)40(52)22-5-13-27(14-6-22)55-28-15-7-23(8-16-28)41(53)31-36(48)38(50)42(39(51)37(31)49)56-29-19-11-25(12-20-29)43(2,3)24-9-17-26(54-4)18-10-24/h21-39,42H,5-20H2,1-4H3. The van der Waals surface area contributed by atoms with Crippen LogP contribution in [-0.2, 0) is 23.8 Å². The van der Waals surface area contributed by atoms with Gasteiger partial charge in [0.25, 0.3) is 0 Å².